The number of esters is 1. The molecule has 0 saturated heterocycles. The van der Waals surface area contributed by atoms with Gasteiger partial charge in [-0.1, -0.05) is 29.8 Å². The maximum atomic E-state index is 12.6. The summed E-state index contributed by atoms with van der Waals surface area (Å²) >= 11 is 1.31. The molecule has 1 atom stereocenters. The Morgan fingerprint density at radius 3 is 2.26 bits per heavy atom. The van der Waals surface area contributed by atoms with Crippen LogP contribution in [0.4, 0.5) is 0 Å². The average Bonchev–Trinajstić information content (AvgIpc) is 3.18. The summed E-state index contributed by atoms with van der Waals surface area (Å²) in [5, 5.41) is 1.85. The molecule has 2 aromatic carbocycles. The number of benzene rings is 2. The monoisotopic (exact) mass is 380 g/mol. The largest absolute Gasteiger partial charge is 0.497 e. The van der Waals surface area contributed by atoms with Crippen molar-refractivity contribution in [1.29, 1.82) is 0 Å². The highest BCUT2D eigenvalue weighted by Gasteiger charge is 2.23. The summed E-state index contributed by atoms with van der Waals surface area (Å²) in [6, 6.07) is 16.6. The van der Waals surface area contributed by atoms with Crippen molar-refractivity contribution in [3.05, 3.63) is 76.0 Å². The summed E-state index contributed by atoms with van der Waals surface area (Å²) in [6.45, 7) is 3.60. The smallest absolute Gasteiger partial charge is 0.349 e. The van der Waals surface area contributed by atoms with Gasteiger partial charge in [0.2, 0.25) is 5.78 Å². The van der Waals surface area contributed by atoms with E-state index in [9.17, 15) is 9.59 Å². The van der Waals surface area contributed by atoms with Gasteiger partial charge in [-0.3, -0.25) is 4.79 Å². The predicted molar refractivity (Wildman–Crippen MR) is 107 cm³/mol. The second-order valence-corrected chi connectivity index (χ2v) is 7.09. The summed E-state index contributed by atoms with van der Waals surface area (Å²) in [7, 11) is 1.56. The van der Waals surface area contributed by atoms with Crippen molar-refractivity contribution >= 4 is 23.1 Å². The minimum atomic E-state index is -0.876. The lowest BCUT2D eigenvalue weighted by atomic mass is 10.0. The standard InChI is InChI=1S/C22H20O4S/c1-14-4-6-16(7-5-14)19-12-13-27-21(19)22(24)26-15(2)20(23)17-8-10-18(25-3)11-9-17/h4-13,15H,1-3H3/t15-/m0/s1. The van der Waals surface area contributed by atoms with E-state index in [2.05, 4.69) is 0 Å². The van der Waals surface area contributed by atoms with E-state index in [4.69, 9.17) is 9.47 Å². The first kappa shape index (κ1) is 18.9. The molecule has 0 saturated carbocycles. The summed E-state index contributed by atoms with van der Waals surface area (Å²) in [5.74, 6) is -0.0769. The predicted octanol–water partition coefficient (Wildman–Crippen LogP) is 5.16. The van der Waals surface area contributed by atoms with E-state index in [0.717, 1.165) is 16.7 Å². The Balaban J connectivity index is 1.74. The van der Waals surface area contributed by atoms with Crippen LogP contribution >= 0.6 is 11.3 Å². The molecule has 4 nitrogen and oxygen atoms in total. The van der Waals surface area contributed by atoms with E-state index in [1.165, 1.54) is 11.3 Å². The summed E-state index contributed by atoms with van der Waals surface area (Å²) < 4.78 is 10.5. The molecule has 1 aromatic heterocycles. The van der Waals surface area contributed by atoms with Gasteiger partial charge in [0.1, 0.15) is 10.6 Å². The minimum absolute atomic E-state index is 0.251. The van der Waals surface area contributed by atoms with Crippen LogP contribution in [0.25, 0.3) is 11.1 Å². The molecular weight excluding hydrogens is 360 g/mol. The maximum absolute atomic E-state index is 12.6. The molecule has 0 N–H and O–H groups in total. The van der Waals surface area contributed by atoms with E-state index in [0.29, 0.717) is 16.2 Å². The third-order valence-electron chi connectivity index (χ3n) is 4.24. The molecule has 0 fully saturated rings. The fourth-order valence-corrected chi connectivity index (χ4v) is 3.48. The molecule has 0 spiro atoms. The van der Waals surface area contributed by atoms with Crippen molar-refractivity contribution in [1.82, 2.24) is 0 Å². The Morgan fingerprint density at radius 2 is 1.63 bits per heavy atom. The van der Waals surface area contributed by atoms with Crippen LogP contribution in [0.5, 0.6) is 5.75 Å². The topological polar surface area (TPSA) is 52.6 Å². The Labute approximate surface area is 162 Å². The molecule has 3 rings (SSSR count). The number of carbonyl (C=O) groups excluding carboxylic acids is 2. The van der Waals surface area contributed by atoms with Gasteiger partial charge in [-0.2, -0.15) is 0 Å². The molecular formula is C22H20O4S. The third kappa shape index (κ3) is 4.26. The van der Waals surface area contributed by atoms with E-state index in [1.807, 2.05) is 42.6 Å². The number of Topliss-reactive ketones (excluding diaryl/α,β-unsaturated/α-hetero) is 1. The number of thiophene rings is 1. The van der Waals surface area contributed by atoms with Crippen LogP contribution in [-0.4, -0.2) is 25.0 Å². The number of carbonyl (C=O) groups is 2. The molecule has 1 heterocycles. The summed E-state index contributed by atoms with van der Waals surface area (Å²) in [6.07, 6.45) is -0.876. The second-order valence-electron chi connectivity index (χ2n) is 6.17. The molecule has 5 heteroatoms. The molecule has 0 bridgehead atoms. The normalized spacial score (nSPS) is 11.7. The van der Waals surface area contributed by atoms with Gasteiger partial charge in [0, 0.05) is 11.1 Å². The minimum Gasteiger partial charge on any atom is -0.497 e. The molecule has 0 aliphatic rings. The van der Waals surface area contributed by atoms with Gasteiger partial charge in [0.05, 0.1) is 7.11 Å². The van der Waals surface area contributed by atoms with Gasteiger partial charge in [0.15, 0.2) is 6.10 Å². The zero-order valence-electron chi connectivity index (χ0n) is 15.4. The average molecular weight is 380 g/mol. The van der Waals surface area contributed by atoms with Crippen molar-refractivity contribution in [2.24, 2.45) is 0 Å². The van der Waals surface area contributed by atoms with E-state index >= 15 is 0 Å². The number of hydrogen-bond donors (Lipinski definition) is 0. The van der Waals surface area contributed by atoms with Crippen LogP contribution in [0.3, 0.4) is 0 Å². The van der Waals surface area contributed by atoms with Crippen molar-refractivity contribution in [3.63, 3.8) is 0 Å². The number of rotatable bonds is 6. The lowest BCUT2D eigenvalue weighted by Gasteiger charge is -2.13. The molecule has 138 valence electrons. The number of ketones is 1. The van der Waals surface area contributed by atoms with Crippen LogP contribution < -0.4 is 4.74 Å². The molecule has 0 aliphatic heterocycles. The number of hydrogen-bond acceptors (Lipinski definition) is 5. The summed E-state index contributed by atoms with van der Waals surface area (Å²) in [4.78, 5) is 25.7. The van der Waals surface area contributed by atoms with Crippen LogP contribution in [0.1, 0.15) is 32.5 Å². The van der Waals surface area contributed by atoms with Crippen LogP contribution in [-0.2, 0) is 4.74 Å². The van der Waals surface area contributed by atoms with E-state index < -0.39 is 12.1 Å². The zero-order valence-corrected chi connectivity index (χ0v) is 16.2. The van der Waals surface area contributed by atoms with Gasteiger partial charge in [-0.15, -0.1) is 11.3 Å². The first-order valence-electron chi connectivity index (χ1n) is 8.53. The quantitative estimate of drug-likeness (QED) is 0.438. The van der Waals surface area contributed by atoms with Gasteiger partial charge in [-0.25, -0.2) is 4.79 Å². The zero-order chi connectivity index (χ0) is 19.4. The summed E-state index contributed by atoms with van der Waals surface area (Å²) in [5.41, 5.74) is 3.38. The van der Waals surface area contributed by atoms with Gasteiger partial charge >= 0.3 is 5.97 Å². The van der Waals surface area contributed by atoms with Gasteiger partial charge < -0.3 is 9.47 Å². The highest BCUT2D eigenvalue weighted by molar-refractivity contribution is 7.12. The van der Waals surface area contributed by atoms with E-state index in [-0.39, 0.29) is 5.78 Å². The number of aryl methyl sites for hydroxylation is 1. The third-order valence-corrected chi connectivity index (χ3v) is 5.14. The van der Waals surface area contributed by atoms with Crippen molar-refractivity contribution in [2.75, 3.05) is 7.11 Å². The fraction of sp³-hybridized carbons (Fsp3) is 0.182. The Kier molecular flexibility index (Phi) is 5.72. The SMILES string of the molecule is COc1ccc(C(=O)[C@H](C)OC(=O)c2sccc2-c2ccc(C)cc2)cc1. The first-order valence-corrected chi connectivity index (χ1v) is 9.41. The van der Waals surface area contributed by atoms with Gasteiger partial charge in [0.25, 0.3) is 0 Å². The molecule has 0 aliphatic carbocycles. The van der Waals surface area contributed by atoms with Crippen LogP contribution in [0, 0.1) is 6.92 Å². The second kappa shape index (κ2) is 8.18. The first-order chi connectivity index (χ1) is 13.0. The Hall–Kier alpha value is -2.92. The fourth-order valence-electron chi connectivity index (χ4n) is 2.69. The molecule has 27 heavy (non-hydrogen) atoms. The highest BCUT2D eigenvalue weighted by Crippen LogP contribution is 2.29. The maximum Gasteiger partial charge on any atom is 0.349 e. The van der Waals surface area contributed by atoms with Crippen LogP contribution in [0.2, 0.25) is 0 Å². The molecule has 0 radical (unpaired) electrons. The van der Waals surface area contributed by atoms with Crippen LogP contribution in [0.15, 0.2) is 60.0 Å². The Bertz CT molecular complexity index is 939. The molecule has 0 amide bonds. The van der Waals surface area contributed by atoms with Crippen molar-refractivity contribution in [3.8, 4) is 16.9 Å². The van der Waals surface area contributed by atoms with Crippen molar-refractivity contribution < 1.29 is 19.1 Å². The van der Waals surface area contributed by atoms with Crippen molar-refractivity contribution in [2.45, 2.75) is 20.0 Å². The van der Waals surface area contributed by atoms with E-state index in [1.54, 1.807) is 38.3 Å². The lowest BCUT2D eigenvalue weighted by Crippen LogP contribution is -2.24. The van der Waals surface area contributed by atoms with Gasteiger partial charge in [-0.05, 0) is 55.1 Å². The molecule has 0 unspecified atom stereocenters. The number of methoxy groups -OCH3 is 1. The highest BCUT2D eigenvalue weighted by atomic mass is 32.1. The molecule has 3 aromatic rings. The lowest BCUT2D eigenvalue weighted by molar-refractivity contribution is 0.0324. The Morgan fingerprint density at radius 1 is 0.963 bits per heavy atom. The number of ether oxygens (including phenoxy) is 2.